The van der Waals surface area contributed by atoms with Crippen LogP contribution in [0.2, 0.25) is 0 Å². The van der Waals surface area contributed by atoms with Crippen LogP contribution in [0.15, 0.2) is 12.2 Å². The summed E-state index contributed by atoms with van der Waals surface area (Å²) in [5, 5.41) is 2.67. The Hall–Kier alpha value is -1.98. The molecule has 0 saturated heterocycles. The van der Waals surface area contributed by atoms with Gasteiger partial charge in [0, 0.05) is 38.1 Å². The van der Waals surface area contributed by atoms with Crippen LogP contribution in [0.4, 0.5) is 0 Å². The van der Waals surface area contributed by atoms with Gasteiger partial charge in [-0.25, -0.2) is 0 Å². The van der Waals surface area contributed by atoms with Gasteiger partial charge in [0.05, 0.1) is 0 Å². The molecule has 0 aliphatic carbocycles. The molecule has 0 saturated carbocycles. The quantitative estimate of drug-likeness (QED) is 0.422. The zero-order valence-electron chi connectivity index (χ0n) is 20.4. The number of hydrogen-bond acceptors (Lipinski definition) is 4. The first-order chi connectivity index (χ1) is 13.9. The van der Waals surface area contributed by atoms with Gasteiger partial charge in [-0.1, -0.05) is 68.2 Å². The molecule has 0 bridgehead atoms. The van der Waals surface area contributed by atoms with Crippen LogP contribution in [0.5, 0.6) is 0 Å². The van der Waals surface area contributed by atoms with Gasteiger partial charge in [0.2, 0.25) is 5.91 Å². The molecule has 1 aliphatic heterocycles. The van der Waals surface area contributed by atoms with Crippen molar-refractivity contribution in [3.8, 4) is 0 Å². The van der Waals surface area contributed by atoms with Gasteiger partial charge in [-0.3, -0.25) is 24.1 Å². The summed E-state index contributed by atoms with van der Waals surface area (Å²) in [6.07, 6.45) is 6.72. The van der Waals surface area contributed by atoms with E-state index in [-0.39, 0.29) is 23.5 Å². The molecule has 6 nitrogen and oxygen atoms in total. The lowest BCUT2D eigenvalue weighted by atomic mass is 10.2. The molecular formula is C23H46N2O4. The first kappa shape index (κ1) is 34.5. The van der Waals surface area contributed by atoms with Gasteiger partial charge in [0.1, 0.15) is 5.78 Å². The summed E-state index contributed by atoms with van der Waals surface area (Å²) in [5.74, 6) is -0.547. The maximum Gasteiger partial charge on any atom is 0.253 e. The maximum absolute atomic E-state index is 11.4. The predicted octanol–water partition coefficient (Wildman–Crippen LogP) is 5.06. The molecule has 3 amide bonds. The number of nitrogens with one attached hydrogen (secondary N) is 1. The molecule has 0 fully saturated rings. The van der Waals surface area contributed by atoms with Crippen molar-refractivity contribution in [3.05, 3.63) is 12.2 Å². The van der Waals surface area contributed by atoms with Crippen molar-refractivity contribution < 1.29 is 19.2 Å². The third-order valence-corrected chi connectivity index (χ3v) is 2.99. The van der Waals surface area contributed by atoms with Gasteiger partial charge in [0.15, 0.2) is 0 Å². The average molecular weight is 415 g/mol. The number of unbranched alkanes of at least 4 members (excludes halogenated alkanes) is 2. The Bertz CT molecular complexity index is 428. The Balaban J connectivity index is -0.000000301. The third kappa shape index (κ3) is 24.0. The highest BCUT2D eigenvalue weighted by molar-refractivity contribution is 6.12. The molecule has 0 aromatic heterocycles. The van der Waals surface area contributed by atoms with Crippen LogP contribution in [0.25, 0.3) is 0 Å². The molecule has 1 N–H and O–H groups in total. The summed E-state index contributed by atoms with van der Waals surface area (Å²) in [6, 6.07) is 0. The topological polar surface area (TPSA) is 83.6 Å². The largest absolute Gasteiger partial charge is 0.356 e. The zero-order chi connectivity index (χ0) is 23.7. The predicted molar refractivity (Wildman–Crippen MR) is 123 cm³/mol. The highest BCUT2D eigenvalue weighted by Crippen LogP contribution is 2.07. The van der Waals surface area contributed by atoms with Crippen molar-refractivity contribution in [2.45, 2.75) is 101 Å². The van der Waals surface area contributed by atoms with Gasteiger partial charge >= 0.3 is 0 Å². The van der Waals surface area contributed by atoms with Crippen molar-refractivity contribution in [3.63, 3.8) is 0 Å². The lowest BCUT2D eigenvalue weighted by Crippen LogP contribution is -2.30. The van der Waals surface area contributed by atoms with Crippen LogP contribution in [0, 0.1) is 0 Å². The van der Waals surface area contributed by atoms with Crippen LogP contribution in [0.1, 0.15) is 101 Å². The van der Waals surface area contributed by atoms with Gasteiger partial charge in [-0.15, -0.1) is 0 Å². The van der Waals surface area contributed by atoms with E-state index in [4.69, 9.17) is 0 Å². The van der Waals surface area contributed by atoms with E-state index in [0.29, 0.717) is 38.8 Å². The van der Waals surface area contributed by atoms with Gasteiger partial charge in [0.25, 0.3) is 11.8 Å². The fraction of sp³-hybridized carbons (Fsp3) is 0.739. The molecule has 172 valence electrons. The fourth-order valence-electron chi connectivity index (χ4n) is 1.85. The summed E-state index contributed by atoms with van der Waals surface area (Å²) in [7, 11) is 0. The van der Waals surface area contributed by atoms with Crippen LogP contribution in [-0.4, -0.2) is 41.5 Å². The number of amides is 3. The standard InChI is InChI=1S/C14H20N2O4.C3H8.3C2H6/c1-11(17)8-9-15-12(18)5-3-2-4-10-16-13(19)6-7-14(16)20;1-3-2;3*1-2/h6-7H,2-5,8-10H2,1H3,(H,15,18);3H2,1-2H3;3*1-2H3. The summed E-state index contributed by atoms with van der Waals surface area (Å²) < 4.78 is 0. The van der Waals surface area contributed by atoms with Gasteiger partial charge in [-0.05, 0) is 19.8 Å². The molecule has 0 radical (unpaired) electrons. The number of Topliss-reactive ketones (excluding diaryl/α,β-unsaturated/α-hetero) is 1. The second-order valence-electron chi connectivity index (χ2n) is 5.48. The minimum atomic E-state index is -0.267. The summed E-state index contributed by atoms with van der Waals surface area (Å²) >= 11 is 0. The van der Waals surface area contributed by atoms with Crippen molar-refractivity contribution in [2.24, 2.45) is 0 Å². The first-order valence-corrected chi connectivity index (χ1v) is 11.2. The Morgan fingerprint density at radius 2 is 1.28 bits per heavy atom. The van der Waals surface area contributed by atoms with E-state index in [9.17, 15) is 19.2 Å². The number of rotatable bonds is 9. The number of ketones is 1. The van der Waals surface area contributed by atoms with Gasteiger partial charge in [-0.2, -0.15) is 0 Å². The Morgan fingerprint density at radius 1 is 0.828 bits per heavy atom. The molecule has 0 aromatic carbocycles. The number of imide groups is 1. The second-order valence-corrected chi connectivity index (χ2v) is 5.48. The number of carbonyl (C=O) groups excluding carboxylic acids is 4. The second kappa shape index (κ2) is 28.2. The summed E-state index contributed by atoms with van der Waals surface area (Å²) in [6.45, 7) is 18.5. The van der Waals surface area contributed by atoms with Gasteiger partial charge < -0.3 is 5.32 Å². The zero-order valence-corrected chi connectivity index (χ0v) is 20.4. The van der Waals surface area contributed by atoms with Crippen LogP contribution < -0.4 is 5.32 Å². The fourth-order valence-corrected chi connectivity index (χ4v) is 1.85. The first-order valence-electron chi connectivity index (χ1n) is 11.2. The maximum atomic E-state index is 11.4. The van der Waals surface area contributed by atoms with E-state index in [1.165, 1.54) is 30.4 Å². The number of carbonyl (C=O) groups is 4. The van der Waals surface area contributed by atoms with E-state index in [0.717, 1.165) is 6.42 Å². The van der Waals surface area contributed by atoms with Crippen molar-refractivity contribution in [1.29, 1.82) is 0 Å². The van der Waals surface area contributed by atoms with Crippen LogP contribution >= 0.6 is 0 Å². The highest BCUT2D eigenvalue weighted by Gasteiger charge is 2.22. The minimum Gasteiger partial charge on any atom is -0.356 e. The Labute approximate surface area is 179 Å². The van der Waals surface area contributed by atoms with Crippen molar-refractivity contribution in [1.82, 2.24) is 10.2 Å². The number of hydrogen-bond donors (Lipinski definition) is 1. The monoisotopic (exact) mass is 414 g/mol. The van der Waals surface area contributed by atoms with Crippen LogP contribution in [-0.2, 0) is 19.2 Å². The lowest BCUT2D eigenvalue weighted by Gasteiger charge is -2.12. The minimum absolute atomic E-state index is 0.0545. The smallest absolute Gasteiger partial charge is 0.253 e. The summed E-state index contributed by atoms with van der Waals surface area (Å²) in [4.78, 5) is 45.8. The highest BCUT2D eigenvalue weighted by atomic mass is 16.2. The summed E-state index contributed by atoms with van der Waals surface area (Å²) in [5.41, 5.74) is 0. The third-order valence-electron chi connectivity index (χ3n) is 2.99. The van der Waals surface area contributed by atoms with E-state index in [1.807, 2.05) is 41.5 Å². The number of nitrogens with zero attached hydrogens (tertiary/aromatic N) is 1. The van der Waals surface area contributed by atoms with E-state index >= 15 is 0 Å². The van der Waals surface area contributed by atoms with E-state index < -0.39 is 0 Å². The molecule has 0 unspecified atom stereocenters. The lowest BCUT2D eigenvalue weighted by molar-refractivity contribution is -0.137. The normalized spacial score (nSPS) is 10.9. The molecule has 0 aromatic rings. The van der Waals surface area contributed by atoms with E-state index in [1.54, 1.807) is 0 Å². The average Bonchev–Trinajstić information content (AvgIpc) is 3.04. The van der Waals surface area contributed by atoms with Crippen molar-refractivity contribution in [2.75, 3.05) is 13.1 Å². The molecule has 0 atom stereocenters. The van der Waals surface area contributed by atoms with Crippen molar-refractivity contribution >= 4 is 23.5 Å². The van der Waals surface area contributed by atoms with E-state index in [2.05, 4.69) is 19.2 Å². The Morgan fingerprint density at radius 3 is 1.69 bits per heavy atom. The molecule has 0 spiro atoms. The molecule has 1 heterocycles. The molecule has 1 rings (SSSR count). The molecule has 1 aliphatic rings. The van der Waals surface area contributed by atoms with Crippen LogP contribution in [0.3, 0.4) is 0 Å². The Kier molecular flexibility index (Phi) is 33.6. The molecular weight excluding hydrogens is 368 g/mol. The SMILES string of the molecule is CC.CC.CC.CC(=O)CCNC(=O)CCCCCN1C(=O)C=CC1=O.CCC. The molecule has 29 heavy (non-hydrogen) atoms. The molecule has 6 heteroatoms.